The van der Waals surface area contributed by atoms with Gasteiger partial charge in [0.1, 0.15) is 0 Å². The summed E-state index contributed by atoms with van der Waals surface area (Å²) in [7, 11) is 0. The molecule has 2 aromatic carbocycles. The van der Waals surface area contributed by atoms with Gasteiger partial charge in [0.25, 0.3) is 0 Å². The molecule has 3 nitrogen and oxygen atoms in total. The first-order valence-electron chi connectivity index (χ1n) is 6.43. The van der Waals surface area contributed by atoms with E-state index in [1.165, 1.54) is 6.07 Å². The van der Waals surface area contributed by atoms with E-state index >= 15 is 0 Å². The molecule has 0 saturated carbocycles. The van der Waals surface area contributed by atoms with Crippen molar-refractivity contribution in [3.05, 3.63) is 58.9 Å². The summed E-state index contributed by atoms with van der Waals surface area (Å²) >= 11 is 5.85. The number of hydrogen-bond donors (Lipinski definition) is 2. The second-order valence-electron chi connectivity index (χ2n) is 4.83. The van der Waals surface area contributed by atoms with Gasteiger partial charge in [0.05, 0.1) is 16.3 Å². The van der Waals surface area contributed by atoms with Crippen LogP contribution >= 0.6 is 11.6 Å². The maximum absolute atomic E-state index is 14.3. The topological polar surface area (TPSA) is 54.7 Å². The molecule has 106 valence electrons. The fourth-order valence-corrected chi connectivity index (χ4v) is 2.52. The number of hydrogen-bond acceptors (Lipinski definition) is 2. The van der Waals surface area contributed by atoms with Crippen LogP contribution in [0.3, 0.4) is 0 Å². The fraction of sp³-hybridized carbons (Fsp3) is 0.0625. The van der Waals surface area contributed by atoms with Crippen LogP contribution in [0.2, 0.25) is 5.02 Å². The van der Waals surface area contributed by atoms with Gasteiger partial charge in [-0.15, -0.1) is 0 Å². The summed E-state index contributed by atoms with van der Waals surface area (Å²) in [6, 6.07) is 12.7. The average molecular weight is 302 g/mol. The van der Waals surface area contributed by atoms with Crippen molar-refractivity contribution in [2.75, 3.05) is 5.73 Å². The van der Waals surface area contributed by atoms with Crippen LogP contribution in [-0.4, -0.2) is 10.2 Å². The van der Waals surface area contributed by atoms with Crippen molar-refractivity contribution in [2.24, 2.45) is 0 Å². The molecule has 21 heavy (non-hydrogen) atoms. The number of H-pyrrole nitrogens is 1. The highest BCUT2D eigenvalue weighted by Crippen LogP contribution is 2.37. The number of aromatic nitrogens is 2. The Morgan fingerprint density at radius 1 is 1.19 bits per heavy atom. The molecule has 0 atom stereocenters. The molecule has 1 aromatic heterocycles. The van der Waals surface area contributed by atoms with E-state index in [4.69, 9.17) is 17.3 Å². The van der Waals surface area contributed by atoms with Crippen LogP contribution in [0.5, 0.6) is 0 Å². The van der Waals surface area contributed by atoms with Crippen LogP contribution in [0, 0.1) is 12.7 Å². The summed E-state index contributed by atoms with van der Waals surface area (Å²) in [4.78, 5) is 0. The number of nitrogens with one attached hydrogen (secondary N) is 1. The molecule has 0 bridgehead atoms. The van der Waals surface area contributed by atoms with E-state index in [1.807, 2.05) is 31.2 Å². The lowest BCUT2D eigenvalue weighted by molar-refractivity contribution is 0.631. The maximum atomic E-state index is 14.3. The summed E-state index contributed by atoms with van der Waals surface area (Å²) in [5.41, 5.74) is 9.48. The Balaban J connectivity index is 2.24. The van der Waals surface area contributed by atoms with Crippen LogP contribution in [0.15, 0.2) is 42.5 Å². The quantitative estimate of drug-likeness (QED) is 0.736. The van der Waals surface area contributed by atoms with E-state index in [9.17, 15) is 4.39 Å². The first-order chi connectivity index (χ1) is 10.1. The molecule has 0 aliphatic carbocycles. The number of rotatable bonds is 2. The highest BCUT2D eigenvalue weighted by molar-refractivity contribution is 6.31. The minimum atomic E-state index is -0.489. The Kier molecular flexibility index (Phi) is 3.39. The SMILES string of the molecule is Cc1cccc(-c2c(N)n[nH]c2-c2cccc(Cl)c2F)c1. The Morgan fingerprint density at radius 2 is 1.95 bits per heavy atom. The standard InChI is InChI=1S/C16H13ClFN3/c1-9-4-2-5-10(8-9)13-15(20-21-16(13)19)11-6-3-7-12(17)14(11)18/h2-8H,1H3,(H3,19,20,21). The van der Waals surface area contributed by atoms with Crippen LogP contribution in [0.1, 0.15) is 5.56 Å². The first kappa shape index (κ1) is 13.6. The minimum absolute atomic E-state index is 0.0656. The zero-order chi connectivity index (χ0) is 15.0. The second kappa shape index (κ2) is 5.22. The zero-order valence-corrected chi connectivity index (χ0v) is 12.1. The van der Waals surface area contributed by atoms with Crippen molar-refractivity contribution in [2.45, 2.75) is 6.92 Å². The molecule has 0 unspecified atom stereocenters. The summed E-state index contributed by atoms with van der Waals surface area (Å²) in [5.74, 6) is -0.160. The molecule has 0 saturated heterocycles. The van der Waals surface area contributed by atoms with Crippen molar-refractivity contribution >= 4 is 17.4 Å². The van der Waals surface area contributed by atoms with Crippen molar-refractivity contribution < 1.29 is 4.39 Å². The summed E-state index contributed by atoms with van der Waals surface area (Å²) in [6.07, 6.45) is 0. The average Bonchev–Trinajstić information content (AvgIpc) is 2.83. The largest absolute Gasteiger partial charge is 0.382 e. The second-order valence-corrected chi connectivity index (χ2v) is 5.24. The molecular formula is C16H13ClFN3. The van der Waals surface area contributed by atoms with Crippen molar-refractivity contribution in [1.29, 1.82) is 0 Å². The lowest BCUT2D eigenvalue weighted by atomic mass is 9.99. The third-order valence-corrected chi connectivity index (χ3v) is 3.61. The minimum Gasteiger partial charge on any atom is -0.382 e. The van der Waals surface area contributed by atoms with Gasteiger partial charge in [-0.05, 0) is 24.6 Å². The molecule has 3 aromatic rings. The monoisotopic (exact) mass is 301 g/mol. The predicted molar refractivity (Wildman–Crippen MR) is 83.6 cm³/mol. The maximum Gasteiger partial charge on any atom is 0.153 e. The Hall–Kier alpha value is -2.33. The number of benzene rings is 2. The highest BCUT2D eigenvalue weighted by Gasteiger charge is 2.18. The number of halogens is 2. The molecule has 0 spiro atoms. The summed E-state index contributed by atoms with van der Waals surface area (Å²) < 4.78 is 14.3. The number of anilines is 1. The van der Waals surface area contributed by atoms with Gasteiger partial charge in [0.2, 0.25) is 0 Å². The van der Waals surface area contributed by atoms with Crippen molar-refractivity contribution in [3.8, 4) is 22.4 Å². The number of aryl methyl sites for hydroxylation is 1. The van der Waals surface area contributed by atoms with Crippen LogP contribution < -0.4 is 5.73 Å². The fourth-order valence-electron chi connectivity index (χ4n) is 2.34. The molecule has 3 N–H and O–H groups in total. The van der Waals surface area contributed by atoms with Gasteiger partial charge in [0, 0.05) is 5.56 Å². The van der Waals surface area contributed by atoms with E-state index in [0.717, 1.165) is 11.1 Å². The smallest absolute Gasteiger partial charge is 0.153 e. The molecule has 1 heterocycles. The summed E-state index contributed by atoms with van der Waals surface area (Å²) in [5, 5.41) is 6.88. The normalized spacial score (nSPS) is 10.8. The Bertz CT molecular complexity index is 811. The van der Waals surface area contributed by atoms with Gasteiger partial charge in [-0.2, -0.15) is 5.10 Å². The zero-order valence-electron chi connectivity index (χ0n) is 11.3. The van der Waals surface area contributed by atoms with Gasteiger partial charge in [0.15, 0.2) is 11.6 Å². The molecule has 0 aliphatic heterocycles. The van der Waals surface area contributed by atoms with E-state index in [1.54, 1.807) is 12.1 Å². The van der Waals surface area contributed by atoms with E-state index in [0.29, 0.717) is 22.6 Å². The van der Waals surface area contributed by atoms with Crippen molar-refractivity contribution in [1.82, 2.24) is 10.2 Å². The van der Waals surface area contributed by atoms with E-state index < -0.39 is 5.82 Å². The van der Waals surface area contributed by atoms with Gasteiger partial charge in [-0.1, -0.05) is 47.5 Å². The molecule has 0 aliphatic rings. The Morgan fingerprint density at radius 3 is 2.71 bits per heavy atom. The van der Waals surface area contributed by atoms with Gasteiger partial charge >= 0.3 is 0 Å². The predicted octanol–water partition coefficient (Wildman–Crippen LogP) is 4.43. The van der Waals surface area contributed by atoms with Gasteiger partial charge in [-0.25, -0.2) is 4.39 Å². The lowest BCUT2D eigenvalue weighted by Crippen LogP contribution is -1.91. The number of aromatic amines is 1. The van der Waals surface area contributed by atoms with E-state index in [2.05, 4.69) is 10.2 Å². The lowest BCUT2D eigenvalue weighted by Gasteiger charge is -2.07. The third kappa shape index (κ3) is 2.38. The molecular weight excluding hydrogens is 289 g/mol. The van der Waals surface area contributed by atoms with E-state index in [-0.39, 0.29) is 5.02 Å². The molecule has 0 radical (unpaired) electrons. The number of nitrogens with zero attached hydrogens (tertiary/aromatic N) is 1. The molecule has 5 heteroatoms. The van der Waals surface area contributed by atoms with Gasteiger partial charge in [-0.3, -0.25) is 5.10 Å². The molecule has 0 amide bonds. The molecule has 3 rings (SSSR count). The first-order valence-corrected chi connectivity index (χ1v) is 6.81. The number of nitrogens with two attached hydrogens (primary N) is 1. The number of nitrogen functional groups attached to an aromatic ring is 1. The molecule has 0 fully saturated rings. The van der Waals surface area contributed by atoms with Crippen LogP contribution in [0.4, 0.5) is 10.2 Å². The van der Waals surface area contributed by atoms with Gasteiger partial charge < -0.3 is 5.73 Å². The van der Waals surface area contributed by atoms with Crippen molar-refractivity contribution in [3.63, 3.8) is 0 Å². The summed E-state index contributed by atoms with van der Waals surface area (Å²) in [6.45, 7) is 1.99. The Labute approximate surface area is 126 Å². The highest BCUT2D eigenvalue weighted by atomic mass is 35.5. The van der Waals surface area contributed by atoms with Crippen LogP contribution in [-0.2, 0) is 0 Å². The van der Waals surface area contributed by atoms with Crippen LogP contribution in [0.25, 0.3) is 22.4 Å². The third-order valence-electron chi connectivity index (χ3n) is 3.32.